The minimum atomic E-state index is -0.128. The van der Waals surface area contributed by atoms with Gasteiger partial charge in [0, 0.05) is 12.4 Å². The molecule has 1 rings (SSSR count). The highest BCUT2D eigenvalue weighted by molar-refractivity contribution is 9.10. The molecule has 0 spiro atoms. The Morgan fingerprint density at radius 2 is 2.47 bits per heavy atom. The summed E-state index contributed by atoms with van der Waals surface area (Å²) in [5, 5.41) is 2.82. The van der Waals surface area contributed by atoms with Crippen molar-refractivity contribution in [1.82, 2.24) is 5.32 Å². The second kappa shape index (κ2) is 6.18. The van der Waals surface area contributed by atoms with Crippen molar-refractivity contribution in [3.63, 3.8) is 0 Å². The van der Waals surface area contributed by atoms with Crippen LogP contribution in [0.5, 0.6) is 0 Å². The Kier molecular flexibility index (Phi) is 5.19. The zero-order chi connectivity index (χ0) is 11.3. The molecule has 1 atom stereocenters. The normalized spacial score (nSPS) is 12.5. The summed E-state index contributed by atoms with van der Waals surface area (Å²) in [6, 6.07) is 1.63. The van der Waals surface area contributed by atoms with Gasteiger partial charge in [0.05, 0.1) is 11.8 Å². The average molecular weight is 295 g/mol. The number of hydrogen-bond acceptors (Lipinski definition) is 2. The highest BCUT2D eigenvalue weighted by Gasteiger charge is 2.12. The lowest BCUT2D eigenvalue weighted by Gasteiger charge is -2.10. The monoisotopic (exact) mass is 293 g/mol. The number of halogens is 2. The third-order valence-corrected chi connectivity index (χ3v) is 2.91. The first-order valence-electron chi connectivity index (χ1n) is 4.72. The molecule has 0 fully saturated rings. The van der Waals surface area contributed by atoms with Crippen molar-refractivity contribution in [3.8, 4) is 0 Å². The molecule has 84 valence electrons. The van der Waals surface area contributed by atoms with Gasteiger partial charge in [-0.05, 0) is 34.3 Å². The van der Waals surface area contributed by atoms with E-state index in [1.807, 2.05) is 6.92 Å². The van der Waals surface area contributed by atoms with E-state index in [4.69, 9.17) is 16.0 Å². The fraction of sp³-hybridized carbons (Fsp3) is 0.500. The number of hydrogen-bond donors (Lipinski definition) is 1. The van der Waals surface area contributed by atoms with Crippen molar-refractivity contribution in [1.29, 1.82) is 0 Å². The van der Waals surface area contributed by atoms with Crippen LogP contribution in [0.3, 0.4) is 0 Å². The van der Waals surface area contributed by atoms with E-state index < -0.39 is 0 Å². The van der Waals surface area contributed by atoms with Crippen LogP contribution in [0.15, 0.2) is 21.4 Å². The molecule has 1 aromatic rings. The van der Waals surface area contributed by atoms with E-state index >= 15 is 0 Å². The molecule has 1 unspecified atom stereocenters. The van der Waals surface area contributed by atoms with Crippen LogP contribution < -0.4 is 5.32 Å². The summed E-state index contributed by atoms with van der Waals surface area (Å²) < 4.78 is 5.44. The first-order valence-corrected chi connectivity index (χ1v) is 6.05. The Hall–Kier alpha value is -0.480. The number of nitrogens with one attached hydrogen (secondary N) is 1. The molecule has 1 amide bonds. The summed E-state index contributed by atoms with van der Waals surface area (Å²) in [5.74, 6) is 0.876. The number of rotatable bonds is 5. The minimum absolute atomic E-state index is 0.128. The molecule has 1 heterocycles. The lowest BCUT2D eigenvalue weighted by molar-refractivity contribution is 0.0946. The summed E-state index contributed by atoms with van der Waals surface area (Å²) in [6.07, 6.45) is 2.37. The maximum atomic E-state index is 11.6. The molecular formula is C10H13BrClNO2. The molecular weight excluding hydrogens is 281 g/mol. The second-order valence-electron chi connectivity index (χ2n) is 3.40. The first kappa shape index (κ1) is 12.6. The molecule has 15 heavy (non-hydrogen) atoms. The van der Waals surface area contributed by atoms with Gasteiger partial charge in [0.15, 0.2) is 4.67 Å². The van der Waals surface area contributed by atoms with Gasteiger partial charge in [-0.1, -0.05) is 6.92 Å². The SMILES string of the molecule is CC(CCCl)CNC(=O)c1ccoc1Br. The van der Waals surface area contributed by atoms with Gasteiger partial charge in [-0.3, -0.25) is 4.79 Å². The molecule has 1 aromatic heterocycles. The van der Waals surface area contributed by atoms with Crippen LogP contribution in [-0.2, 0) is 0 Å². The van der Waals surface area contributed by atoms with E-state index in [9.17, 15) is 4.79 Å². The highest BCUT2D eigenvalue weighted by Crippen LogP contribution is 2.17. The van der Waals surface area contributed by atoms with Crippen LogP contribution in [0, 0.1) is 5.92 Å². The Balaban J connectivity index is 2.40. The van der Waals surface area contributed by atoms with Crippen LogP contribution in [0.4, 0.5) is 0 Å². The van der Waals surface area contributed by atoms with Crippen molar-refractivity contribution in [2.75, 3.05) is 12.4 Å². The van der Waals surface area contributed by atoms with Gasteiger partial charge in [0.1, 0.15) is 0 Å². The maximum Gasteiger partial charge on any atom is 0.255 e. The van der Waals surface area contributed by atoms with Crippen molar-refractivity contribution in [3.05, 3.63) is 22.6 Å². The second-order valence-corrected chi connectivity index (χ2v) is 4.50. The van der Waals surface area contributed by atoms with Crippen LogP contribution in [0.1, 0.15) is 23.7 Å². The number of furan rings is 1. The van der Waals surface area contributed by atoms with E-state index in [-0.39, 0.29) is 5.91 Å². The summed E-state index contributed by atoms with van der Waals surface area (Å²) in [7, 11) is 0. The van der Waals surface area contributed by atoms with Crippen molar-refractivity contribution in [2.45, 2.75) is 13.3 Å². The molecule has 0 bridgehead atoms. The Morgan fingerprint density at radius 3 is 3.00 bits per heavy atom. The van der Waals surface area contributed by atoms with Crippen molar-refractivity contribution in [2.24, 2.45) is 5.92 Å². The number of carbonyl (C=O) groups excluding carboxylic acids is 1. The molecule has 0 saturated heterocycles. The van der Waals surface area contributed by atoms with Gasteiger partial charge in [0.2, 0.25) is 0 Å². The van der Waals surface area contributed by atoms with Crippen molar-refractivity contribution >= 4 is 33.4 Å². The molecule has 0 aromatic carbocycles. The van der Waals surface area contributed by atoms with Gasteiger partial charge in [-0.25, -0.2) is 0 Å². The Bertz CT molecular complexity index is 327. The lowest BCUT2D eigenvalue weighted by Crippen LogP contribution is -2.28. The van der Waals surface area contributed by atoms with Gasteiger partial charge in [0.25, 0.3) is 5.91 Å². The van der Waals surface area contributed by atoms with Crippen LogP contribution in [0.2, 0.25) is 0 Å². The summed E-state index contributed by atoms with van der Waals surface area (Å²) >= 11 is 8.76. The van der Waals surface area contributed by atoms with Gasteiger partial charge in [-0.15, -0.1) is 11.6 Å². The highest BCUT2D eigenvalue weighted by atomic mass is 79.9. The summed E-state index contributed by atoms with van der Waals surface area (Å²) in [6.45, 7) is 2.68. The van der Waals surface area contributed by atoms with E-state index in [1.165, 1.54) is 6.26 Å². The number of alkyl halides is 1. The molecule has 0 radical (unpaired) electrons. The molecule has 0 saturated carbocycles. The van der Waals surface area contributed by atoms with Gasteiger partial charge in [-0.2, -0.15) is 0 Å². The smallest absolute Gasteiger partial charge is 0.255 e. The molecule has 3 nitrogen and oxygen atoms in total. The van der Waals surface area contributed by atoms with Gasteiger partial charge >= 0.3 is 0 Å². The third-order valence-electron chi connectivity index (χ3n) is 2.08. The third kappa shape index (κ3) is 3.87. The first-order chi connectivity index (χ1) is 7.15. The zero-order valence-electron chi connectivity index (χ0n) is 8.43. The van der Waals surface area contributed by atoms with E-state index in [0.717, 1.165) is 6.42 Å². The van der Waals surface area contributed by atoms with E-state index in [1.54, 1.807) is 6.07 Å². The predicted molar refractivity (Wildman–Crippen MR) is 63.2 cm³/mol. The molecule has 1 N–H and O–H groups in total. The molecule has 0 aliphatic heterocycles. The Morgan fingerprint density at radius 1 is 1.73 bits per heavy atom. The van der Waals surface area contributed by atoms with Crippen LogP contribution >= 0.6 is 27.5 Å². The van der Waals surface area contributed by atoms with Crippen LogP contribution in [-0.4, -0.2) is 18.3 Å². The predicted octanol–water partition coefficient (Wildman–Crippen LogP) is 3.04. The van der Waals surface area contributed by atoms with Crippen LogP contribution in [0.25, 0.3) is 0 Å². The fourth-order valence-electron chi connectivity index (χ4n) is 1.11. The fourth-order valence-corrected chi connectivity index (χ4v) is 1.90. The van der Waals surface area contributed by atoms with E-state index in [2.05, 4.69) is 21.2 Å². The summed E-state index contributed by atoms with van der Waals surface area (Å²) in [5.41, 5.74) is 0.521. The van der Waals surface area contributed by atoms with Crippen molar-refractivity contribution < 1.29 is 9.21 Å². The number of amides is 1. The topological polar surface area (TPSA) is 42.2 Å². The average Bonchev–Trinajstić information content (AvgIpc) is 2.61. The quantitative estimate of drug-likeness (QED) is 0.848. The molecule has 0 aliphatic carbocycles. The standard InChI is InChI=1S/C10H13BrClNO2/c1-7(2-4-12)6-13-10(14)8-3-5-15-9(8)11/h3,5,7H,2,4,6H2,1H3,(H,13,14). The number of carbonyl (C=O) groups is 1. The largest absolute Gasteiger partial charge is 0.457 e. The lowest BCUT2D eigenvalue weighted by atomic mass is 10.1. The van der Waals surface area contributed by atoms with E-state index in [0.29, 0.717) is 28.6 Å². The molecule has 0 aliphatic rings. The minimum Gasteiger partial charge on any atom is -0.457 e. The zero-order valence-corrected chi connectivity index (χ0v) is 10.8. The molecule has 5 heteroatoms. The summed E-state index contributed by atoms with van der Waals surface area (Å²) in [4.78, 5) is 11.6. The van der Waals surface area contributed by atoms with Gasteiger partial charge < -0.3 is 9.73 Å². The Labute approximate surface area is 102 Å². The maximum absolute atomic E-state index is 11.6.